The van der Waals surface area contributed by atoms with Gasteiger partial charge in [0.25, 0.3) is 0 Å². The molecule has 3 heteroatoms. The Morgan fingerprint density at radius 2 is 2.12 bits per heavy atom. The Labute approximate surface area is 102 Å². The van der Waals surface area contributed by atoms with Gasteiger partial charge in [0.05, 0.1) is 13.1 Å². The van der Waals surface area contributed by atoms with Crippen LogP contribution in [0.4, 0.5) is 0 Å². The fraction of sp³-hybridized carbons (Fsp3) is 0.357. The zero-order valence-corrected chi connectivity index (χ0v) is 9.97. The monoisotopic (exact) mass is 231 g/mol. The lowest BCUT2D eigenvalue weighted by Crippen LogP contribution is -2.33. The van der Waals surface area contributed by atoms with Crippen molar-refractivity contribution in [3.05, 3.63) is 35.9 Å². The Bertz CT molecular complexity index is 394. The van der Waals surface area contributed by atoms with Gasteiger partial charge in [-0.25, -0.2) is 0 Å². The minimum absolute atomic E-state index is 0.0125. The molecule has 0 saturated heterocycles. The van der Waals surface area contributed by atoms with Crippen molar-refractivity contribution in [3.8, 4) is 12.3 Å². The summed E-state index contributed by atoms with van der Waals surface area (Å²) in [6.45, 7) is 3.08. The summed E-state index contributed by atoms with van der Waals surface area (Å²) in [6, 6.07) is 10.0. The molecule has 0 aliphatic heterocycles. The van der Waals surface area contributed by atoms with E-state index in [0.29, 0.717) is 13.1 Å². The van der Waals surface area contributed by atoms with E-state index in [-0.39, 0.29) is 12.5 Å². The smallest absolute Gasteiger partial charge is 0.317 e. The van der Waals surface area contributed by atoms with E-state index in [1.807, 2.05) is 30.3 Å². The SMILES string of the molecule is C#CCN(CC(=O)O)CC(C)c1ccccc1. The van der Waals surface area contributed by atoms with Gasteiger partial charge in [-0.05, 0) is 11.5 Å². The summed E-state index contributed by atoms with van der Waals surface area (Å²) in [6.07, 6.45) is 5.23. The van der Waals surface area contributed by atoms with E-state index >= 15 is 0 Å². The average molecular weight is 231 g/mol. The topological polar surface area (TPSA) is 40.5 Å². The molecule has 1 rings (SSSR count). The van der Waals surface area contributed by atoms with Gasteiger partial charge in [0.15, 0.2) is 0 Å². The zero-order chi connectivity index (χ0) is 12.7. The predicted octanol–water partition coefficient (Wildman–Crippen LogP) is 1.81. The lowest BCUT2D eigenvalue weighted by atomic mass is 10.0. The maximum atomic E-state index is 10.7. The molecule has 1 aromatic rings. The number of carbonyl (C=O) groups is 1. The summed E-state index contributed by atoms with van der Waals surface area (Å²) < 4.78 is 0. The van der Waals surface area contributed by atoms with Crippen LogP contribution in [0.1, 0.15) is 18.4 Å². The predicted molar refractivity (Wildman–Crippen MR) is 67.8 cm³/mol. The van der Waals surface area contributed by atoms with E-state index in [0.717, 1.165) is 0 Å². The van der Waals surface area contributed by atoms with E-state index in [4.69, 9.17) is 11.5 Å². The molecule has 0 saturated carbocycles. The number of hydrogen-bond donors (Lipinski definition) is 1. The molecule has 0 aliphatic carbocycles. The second-order valence-electron chi connectivity index (χ2n) is 4.08. The molecule has 0 fully saturated rings. The highest BCUT2D eigenvalue weighted by molar-refractivity contribution is 5.69. The minimum atomic E-state index is -0.847. The molecule has 3 nitrogen and oxygen atoms in total. The second kappa shape index (κ2) is 6.72. The molecule has 0 aliphatic rings. The maximum absolute atomic E-state index is 10.7. The van der Waals surface area contributed by atoms with Crippen molar-refractivity contribution in [2.45, 2.75) is 12.8 Å². The quantitative estimate of drug-likeness (QED) is 0.759. The summed E-state index contributed by atoms with van der Waals surface area (Å²) in [5, 5.41) is 8.78. The number of terminal acetylenes is 1. The van der Waals surface area contributed by atoms with Crippen molar-refractivity contribution >= 4 is 5.97 Å². The average Bonchev–Trinajstić information content (AvgIpc) is 2.29. The molecule has 1 atom stereocenters. The third kappa shape index (κ3) is 4.71. The van der Waals surface area contributed by atoms with Gasteiger partial charge in [0.1, 0.15) is 0 Å². The summed E-state index contributed by atoms with van der Waals surface area (Å²) in [7, 11) is 0. The van der Waals surface area contributed by atoms with Crippen LogP contribution in [0.5, 0.6) is 0 Å². The molecule has 0 amide bonds. The third-order valence-corrected chi connectivity index (χ3v) is 2.57. The first-order valence-electron chi connectivity index (χ1n) is 5.56. The number of rotatable bonds is 6. The van der Waals surface area contributed by atoms with Gasteiger partial charge in [-0.2, -0.15) is 0 Å². The van der Waals surface area contributed by atoms with Crippen molar-refractivity contribution in [3.63, 3.8) is 0 Å². The van der Waals surface area contributed by atoms with Gasteiger partial charge in [-0.1, -0.05) is 43.2 Å². The first-order valence-corrected chi connectivity index (χ1v) is 5.56. The van der Waals surface area contributed by atoms with Crippen molar-refractivity contribution < 1.29 is 9.90 Å². The summed E-state index contributed by atoms with van der Waals surface area (Å²) in [5.74, 6) is 1.91. The largest absolute Gasteiger partial charge is 0.480 e. The van der Waals surface area contributed by atoms with Gasteiger partial charge in [-0.15, -0.1) is 6.42 Å². The van der Waals surface area contributed by atoms with Crippen LogP contribution in [0.15, 0.2) is 30.3 Å². The Balaban J connectivity index is 2.61. The Hall–Kier alpha value is -1.79. The van der Waals surface area contributed by atoms with E-state index in [9.17, 15) is 4.79 Å². The summed E-state index contributed by atoms with van der Waals surface area (Å²) in [4.78, 5) is 12.5. The van der Waals surface area contributed by atoms with Crippen LogP contribution in [0.3, 0.4) is 0 Å². The highest BCUT2D eigenvalue weighted by Gasteiger charge is 2.13. The van der Waals surface area contributed by atoms with E-state index in [1.54, 1.807) is 4.90 Å². The molecule has 0 bridgehead atoms. The fourth-order valence-electron chi connectivity index (χ4n) is 1.78. The number of nitrogens with zero attached hydrogens (tertiary/aromatic N) is 1. The first-order chi connectivity index (χ1) is 8.13. The molecule has 0 spiro atoms. The minimum Gasteiger partial charge on any atom is -0.480 e. The lowest BCUT2D eigenvalue weighted by molar-refractivity contribution is -0.138. The number of carboxylic acid groups (broad SMARTS) is 1. The van der Waals surface area contributed by atoms with Gasteiger partial charge in [0, 0.05) is 6.54 Å². The Kier molecular flexibility index (Phi) is 5.25. The summed E-state index contributed by atoms with van der Waals surface area (Å²) in [5.41, 5.74) is 1.19. The number of aliphatic carboxylic acids is 1. The molecule has 17 heavy (non-hydrogen) atoms. The Morgan fingerprint density at radius 1 is 1.47 bits per heavy atom. The van der Waals surface area contributed by atoms with Crippen molar-refractivity contribution in [1.82, 2.24) is 4.90 Å². The molecule has 90 valence electrons. The third-order valence-electron chi connectivity index (χ3n) is 2.57. The molecule has 1 N–H and O–H groups in total. The molecule has 0 heterocycles. The number of hydrogen-bond acceptors (Lipinski definition) is 2. The highest BCUT2D eigenvalue weighted by Crippen LogP contribution is 2.15. The standard InChI is InChI=1S/C14H17NO2/c1-3-9-15(11-14(16)17)10-12(2)13-7-5-4-6-8-13/h1,4-8,12H,9-11H2,2H3,(H,16,17). The van der Waals surface area contributed by atoms with E-state index < -0.39 is 5.97 Å². The number of carboxylic acids is 1. The molecule has 0 radical (unpaired) electrons. The molecular formula is C14H17NO2. The first kappa shape index (κ1) is 13.3. The highest BCUT2D eigenvalue weighted by atomic mass is 16.4. The molecule has 0 aromatic heterocycles. The van der Waals surface area contributed by atoms with Crippen LogP contribution < -0.4 is 0 Å². The normalized spacial score (nSPS) is 12.1. The van der Waals surface area contributed by atoms with Crippen LogP contribution in [0.25, 0.3) is 0 Å². The van der Waals surface area contributed by atoms with Crippen molar-refractivity contribution in [2.75, 3.05) is 19.6 Å². The van der Waals surface area contributed by atoms with Gasteiger partial charge in [-0.3, -0.25) is 9.69 Å². The van der Waals surface area contributed by atoms with E-state index in [2.05, 4.69) is 12.8 Å². The second-order valence-corrected chi connectivity index (χ2v) is 4.08. The van der Waals surface area contributed by atoms with Crippen LogP contribution in [-0.4, -0.2) is 35.6 Å². The molecule has 1 aromatic carbocycles. The summed E-state index contributed by atoms with van der Waals surface area (Å²) >= 11 is 0. The maximum Gasteiger partial charge on any atom is 0.317 e. The Morgan fingerprint density at radius 3 is 2.65 bits per heavy atom. The number of benzene rings is 1. The molecule has 1 unspecified atom stereocenters. The van der Waals surface area contributed by atoms with Gasteiger partial charge < -0.3 is 5.11 Å². The lowest BCUT2D eigenvalue weighted by Gasteiger charge is -2.22. The van der Waals surface area contributed by atoms with Gasteiger partial charge in [0.2, 0.25) is 0 Å². The molecular weight excluding hydrogens is 214 g/mol. The van der Waals surface area contributed by atoms with Gasteiger partial charge >= 0.3 is 5.97 Å². The van der Waals surface area contributed by atoms with Crippen LogP contribution >= 0.6 is 0 Å². The van der Waals surface area contributed by atoms with Crippen LogP contribution in [0.2, 0.25) is 0 Å². The van der Waals surface area contributed by atoms with Crippen LogP contribution in [0, 0.1) is 12.3 Å². The fourth-order valence-corrected chi connectivity index (χ4v) is 1.78. The van der Waals surface area contributed by atoms with E-state index in [1.165, 1.54) is 5.56 Å². The van der Waals surface area contributed by atoms with Crippen LogP contribution in [-0.2, 0) is 4.79 Å². The van der Waals surface area contributed by atoms with Crippen molar-refractivity contribution in [2.24, 2.45) is 0 Å². The zero-order valence-electron chi connectivity index (χ0n) is 9.97. The van der Waals surface area contributed by atoms with Crippen molar-refractivity contribution in [1.29, 1.82) is 0 Å².